The molecular weight excluding hydrogens is 252 g/mol. The molecule has 1 aliphatic carbocycles. The van der Waals surface area contributed by atoms with Crippen molar-refractivity contribution in [3.8, 4) is 0 Å². The van der Waals surface area contributed by atoms with Gasteiger partial charge in [-0.25, -0.2) is 0 Å². The van der Waals surface area contributed by atoms with E-state index >= 15 is 0 Å². The molecular formula is C16H24N2O2. The van der Waals surface area contributed by atoms with Gasteiger partial charge in [0.25, 0.3) is 0 Å². The lowest BCUT2D eigenvalue weighted by molar-refractivity contribution is -0.121. The molecule has 1 fully saturated rings. The highest BCUT2D eigenvalue weighted by atomic mass is 16.3. The van der Waals surface area contributed by atoms with Crippen LogP contribution in [0.25, 0.3) is 0 Å². The van der Waals surface area contributed by atoms with Crippen molar-refractivity contribution < 1.29 is 9.90 Å². The number of carbonyl (C=O) groups is 1. The zero-order valence-electron chi connectivity index (χ0n) is 12.1. The molecule has 0 saturated heterocycles. The fourth-order valence-electron chi connectivity index (χ4n) is 2.25. The minimum atomic E-state index is -0.137. The van der Waals surface area contributed by atoms with E-state index in [4.69, 9.17) is 5.11 Å². The molecule has 3 N–H and O–H groups in total. The Morgan fingerprint density at radius 2 is 2.05 bits per heavy atom. The Morgan fingerprint density at radius 3 is 2.55 bits per heavy atom. The van der Waals surface area contributed by atoms with Crippen LogP contribution in [0.2, 0.25) is 0 Å². The van der Waals surface area contributed by atoms with Crippen LogP contribution in [0.1, 0.15) is 38.2 Å². The average Bonchev–Trinajstić information content (AvgIpc) is 2.42. The first-order valence-electron chi connectivity index (χ1n) is 7.47. The number of carbonyl (C=O) groups excluding carboxylic acids is 1. The van der Waals surface area contributed by atoms with Crippen molar-refractivity contribution in [3.05, 3.63) is 29.8 Å². The Hall–Kier alpha value is -1.55. The largest absolute Gasteiger partial charge is 0.394 e. The monoisotopic (exact) mass is 276 g/mol. The van der Waals surface area contributed by atoms with Gasteiger partial charge < -0.3 is 15.7 Å². The van der Waals surface area contributed by atoms with Crippen LogP contribution in [0.5, 0.6) is 0 Å². The lowest BCUT2D eigenvalue weighted by Crippen LogP contribution is -2.37. The van der Waals surface area contributed by atoms with E-state index < -0.39 is 0 Å². The predicted octanol–water partition coefficient (Wildman–Crippen LogP) is 2.08. The molecule has 0 radical (unpaired) electrons. The van der Waals surface area contributed by atoms with Gasteiger partial charge in [0.1, 0.15) is 0 Å². The lowest BCUT2D eigenvalue weighted by atomic mass is 9.93. The predicted molar refractivity (Wildman–Crippen MR) is 80.7 cm³/mol. The van der Waals surface area contributed by atoms with Gasteiger partial charge in [0.05, 0.1) is 19.1 Å². The number of nitrogens with one attached hydrogen (secondary N) is 2. The van der Waals surface area contributed by atoms with E-state index in [0.29, 0.717) is 12.5 Å². The van der Waals surface area contributed by atoms with Crippen LogP contribution >= 0.6 is 0 Å². The summed E-state index contributed by atoms with van der Waals surface area (Å²) in [5.41, 5.74) is 2.12. The van der Waals surface area contributed by atoms with Gasteiger partial charge in [0.15, 0.2) is 0 Å². The van der Waals surface area contributed by atoms with Crippen molar-refractivity contribution in [1.82, 2.24) is 5.32 Å². The quantitative estimate of drug-likeness (QED) is 0.714. The summed E-state index contributed by atoms with van der Waals surface area (Å²) in [5, 5.41) is 15.4. The van der Waals surface area contributed by atoms with Crippen molar-refractivity contribution in [3.63, 3.8) is 0 Å². The van der Waals surface area contributed by atoms with Gasteiger partial charge in [-0.2, -0.15) is 0 Å². The van der Waals surface area contributed by atoms with Crippen LogP contribution in [0, 0.1) is 0 Å². The smallest absolute Gasteiger partial charge is 0.224 e. The molecule has 0 spiro atoms. The molecule has 0 aromatic heterocycles. The molecule has 1 aliphatic rings. The van der Waals surface area contributed by atoms with Gasteiger partial charge >= 0.3 is 0 Å². The molecule has 2 rings (SSSR count). The minimum Gasteiger partial charge on any atom is -0.394 e. The van der Waals surface area contributed by atoms with Gasteiger partial charge in [-0.05, 0) is 43.4 Å². The van der Waals surface area contributed by atoms with Crippen LogP contribution in [-0.2, 0) is 11.2 Å². The summed E-state index contributed by atoms with van der Waals surface area (Å²) < 4.78 is 0. The maximum atomic E-state index is 11.8. The van der Waals surface area contributed by atoms with Crippen molar-refractivity contribution in [2.45, 2.75) is 51.1 Å². The fourth-order valence-corrected chi connectivity index (χ4v) is 2.25. The molecule has 1 aromatic carbocycles. The second kappa shape index (κ2) is 7.29. The average molecular weight is 276 g/mol. The SMILES string of the molecule is CCC(CO)NC(=O)Cc1ccc(NC2CCC2)cc1. The topological polar surface area (TPSA) is 61.4 Å². The summed E-state index contributed by atoms with van der Waals surface area (Å²) in [6.07, 6.45) is 4.93. The highest BCUT2D eigenvalue weighted by molar-refractivity contribution is 5.79. The van der Waals surface area contributed by atoms with Gasteiger partial charge in [-0.1, -0.05) is 19.1 Å². The zero-order chi connectivity index (χ0) is 14.4. The van der Waals surface area contributed by atoms with Crippen LogP contribution in [-0.4, -0.2) is 29.7 Å². The van der Waals surface area contributed by atoms with Crippen molar-refractivity contribution in [2.24, 2.45) is 0 Å². The summed E-state index contributed by atoms with van der Waals surface area (Å²) in [5.74, 6) is -0.0365. The third-order valence-electron chi connectivity index (χ3n) is 3.87. The first-order valence-corrected chi connectivity index (χ1v) is 7.47. The Bertz CT molecular complexity index is 423. The molecule has 1 amide bonds. The molecule has 110 valence electrons. The van der Waals surface area contributed by atoms with E-state index in [1.165, 1.54) is 19.3 Å². The van der Waals surface area contributed by atoms with E-state index in [1.807, 2.05) is 31.2 Å². The molecule has 4 heteroatoms. The van der Waals surface area contributed by atoms with E-state index in [-0.39, 0.29) is 18.6 Å². The van der Waals surface area contributed by atoms with Crippen molar-refractivity contribution in [1.29, 1.82) is 0 Å². The van der Waals surface area contributed by atoms with Gasteiger partial charge in [-0.3, -0.25) is 4.79 Å². The van der Waals surface area contributed by atoms with Gasteiger partial charge in [0, 0.05) is 11.7 Å². The highest BCUT2D eigenvalue weighted by Gasteiger charge is 2.16. The van der Waals surface area contributed by atoms with Crippen LogP contribution in [0.15, 0.2) is 24.3 Å². The Morgan fingerprint density at radius 1 is 1.35 bits per heavy atom. The number of aliphatic hydroxyl groups is 1. The molecule has 0 bridgehead atoms. The molecule has 0 heterocycles. The number of rotatable bonds is 7. The van der Waals surface area contributed by atoms with Gasteiger partial charge in [-0.15, -0.1) is 0 Å². The summed E-state index contributed by atoms with van der Waals surface area (Å²) >= 11 is 0. The third-order valence-corrected chi connectivity index (χ3v) is 3.87. The Balaban J connectivity index is 1.81. The highest BCUT2D eigenvalue weighted by Crippen LogP contribution is 2.23. The second-order valence-electron chi connectivity index (χ2n) is 5.50. The summed E-state index contributed by atoms with van der Waals surface area (Å²) in [6, 6.07) is 8.52. The molecule has 1 atom stereocenters. The fraction of sp³-hybridized carbons (Fsp3) is 0.562. The summed E-state index contributed by atoms with van der Waals surface area (Å²) in [4.78, 5) is 11.8. The normalized spacial score (nSPS) is 16.3. The Labute approximate surface area is 120 Å². The molecule has 20 heavy (non-hydrogen) atoms. The first-order chi connectivity index (χ1) is 9.71. The van der Waals surface area contributed by atoms with E-state index in [1.54, 1.807) is 0 Å². The van der Waals surface area contributed by atoms with E-state index in [2.05, 4.69) is 10.6 Å². The standard InChI is InChI=1S/C16H24N2O2/c1-2-13(11-19)18-16(20)10-12-6-8-15(9-7-12)17-14-4-3-5-14/h6-9,13-14,17,19H,2-5,10-11H2,1H3,(H,18,20). The molecule has 1 saturated carbocycles. The number of benzene rings is 1. The second-order valence-corrected chi connectivity index (χ2v) is 5.50. The molecule has 4 nitrogen and oxygen atoms in total. The van der Waals surface area contributed by atoms with E-state index in [9.17, 15) is 4.79 Å². The lowest BCUT2D eigenvalue weighted by Gasteiger charge is -2.27. The maximum absolute atomic E-state index is 11.8. The Kier molecular flexibility index (Phi) is 5.41. The number of aliphatic hydroxyl groups excluding tert-OH is 1. The first kappa shape index (κ1) is 14.9. The van der Waals surface area contributed by atoms with E-state index in [0.717, 1.165) is 17.7 Å². The zero-order valence-corrected chi connectivity index (χ0v) is 12.1. The number of amides is 1. The van der Waals surface area contributed by atoms with Crippen LogP contribution in [0.3, 0.4) is 0 Å². The third kappa shape index (κ3) is 4.23. The summed E-state index contributed by atoms with van der Waals surface area (Å²) in [7, 11) is 0. The van der Waals surface area contributed by atoms with Crippen LogP contribution < -0.4 is 10.6 Å². The number of hydrogen-bond acceptors (Lipinski definition) is 3. The number of hydrogen-bond donors (Lipinski definition) is 3. The molecule has 1 unspecified atom stereocenters. The molecule has 1 aromatic rings. The summed E-state index contributed by atoms with van der Waals surface area (Å²) in [6.45, 7) is 1.94. The minimum absolute atomic E-state index is 0.00745. The number of anilines is 1. The molecule has 0 aliphatic heterocycles. The van der Waals surface area contributed by atoms with Crippen LogP contribution in [0.4, 0.5) is 5.69 Å². The van der Waals surface area contributed by atoms with Crippen molar-refractivity contribution >= 4 is 11.6 Å². The van der Waals surface area contributed by atoms with Crippen molar-refractivity contribution in [2.75, 3.05) is 11.9 Å². The maximum Gasteiger partial charge on any atom is 0.224 e. The van der Waals surface area contributed by atoms with Gasteiger partial charge in [0.2, 0.25) is 5.91 Å².